The SMILES string of the molecule is Cc1cc(C(=O)OC2CN(c3nc4ccccc4s3)C2)no1. The Balaban J connectivity index is 1.38. The first-order chi connectivity index (χ1) is 10.7. The molecular formula is C15H13N3O3S. The van der Waals surface area contributed by atoms with Crippen LogP contribution in [0.15, 0.2) is 34.9 Å². The van der Waals surface area contributed by atoms with Crippen LogP contribution in [0.4, 0.5) is 5.13 Å². The van der Waals surface area contributed by atoms with Crippen LogP contribution in [0, 0.1) is 6.92 Å². The second kappa shape index (κ2) is 5.10. The summed E-state index contributed by atoms with van der Waals surface area (Å²) in [5, 5.41) is 4.62. The van der Waals surface area contributed by atoms with Crippen molar-refractivity contribution in [1.29, 1.82) is 0 Å². The summed E-state index contributed by atoms with van der Waals surface area (Å²) in [5.74, 6) is 0.155. The fourth-order valence-electron chi connectivity index (χ4n) is 2.34. The standard InChI is InChI=1S/C15H13N3O3S/c1-9-6-12(17-21-9)14(19)20-10-7-18(8-10)15-16-11-4-2-3-5-13(11)22-15/h2-6,10H,7-8H2,1H3. The maximum absolute atomic E-state index is 11.9. The molecule has 7 heteroatoms. The molecule has 1 saturated heterocycles. The summed E-state index contributed by atoms with van der Waals surface area (Å²) in [5.41, 5.74) is 1.22. The number of aromatic nitrogens is 2. The smallest absolute Gasteiger partial charge is 0.360 e. The molecule has 1 fully saturated rings. The van der Waals surface area contributed by atoms with Gasteiger partial charge in [0.15, 0.2) is 10.8 Å². The first kappa shape index (κ1) is 13.3. The van der Waals surface area contributed by atoms with Crippen LogP contribution < -0.4 is 4.90 Å². The van der Waals surface area contributed by atoms with Crippen molar-refractivity contribution in [3.05, 3.63) is 41.8 Å². The van der Waals surface area contributed by atoms with E-state index < -0.39 is 5.97 Å². The summed E-state index contributed by atoms with van der Waals surface area (Å²) >= 11 is 1.65. The monoisotopic (exact) mass is 315 g/mol. The predicted octanol–water partition coefficient (Wildman–Crippen LogP) is 2.64. The van der Waals surface area contributed by atoms with Gasteiger partial charge in [-0.05, 0) is 19.1 Å². The Labute approximate surface area is 130 Å². The van der Waals surface area contributed by atoms with Gasteiger partial charge < -0.3 is 14.2 Å². The third-order valence-corrected chi connectivity index (χ3v) is 4.61. The molecule has 1 aliphatic heterocycles. The van der Waals surface area contributed by atoms with E-state index in [0.717, 1.165) is 15.3 Å². The molecule has 0 N–H and O–H groups in total. The van der Waals surface area contributed by atoms with E-state index in [0.29, 0.717) is 18.8 Å². The van der Waals surface area contributed by atoms with Crippen LogP contribution in [0.1, 0.15) is 16.2 Å². The molecule has 1 aliphatic rings. The molecule has 3 heterocycles. The minimum atomic E-state index is -0.439. The highest BCUT2D eigenvalue weighted by Crippen LogP contribution is 2.31. The molecule has 4 rings (SSSR count). The number of benzene rings is 1. The van der Waals surface area contributed by atoms with Gasteiger partial charge in [-0.25, -0.2) is 9.78 Å². The van der Waals surface area contributed by atoms with Crippen LogP contribution >= 0.6 is 11.3 Å². The van der Waals surface area contributed by atoms with Gasteiger partial charge in [0.1, 0.15) is 11.9 Å². The molecule has 0 amide bonds. The number of para-hydroxylation sites is 1. The maximum Gasteiger partial charge on any atom is 0.360 e. The lowest BCUT2D eigenvalue weighted by Gasteiger charge is -2.37. The number of rotatable bonds is 3. The minimum absolute atomic E-state index is 0.128. The average Bonchev–Trinajstić information content (AvgIpc) is 3.07. The second-order valence-corrected chi connectivity index (χ2v) is 6.23. The van der Waals surface area contributed by atoms with Crippen molar-refractivity contribution in [3.63, 3.8) is 0 Å². The zero-order valence-corrected chi connectivity index (χ0v) is 12.7. The number of nitrogens with zero attached hydrogens (tertiary/aromatic N) is 3. The Hall–Kier alpha value is -2.41. The van der Waals surface area contributed by atoms with Gasteiger partial charge in [0.25, 0.3) is 0 Å². The summed E-state index contributed by atoms with van der Waals surface area (Å²) in [6.45, 7) is 3.05. The highest BCUT2D eigenvalue weighted by atomic mass is 32.1. The summed E-state index contributed by atoms with van der Waals surface area (Å²) in [6.07, 6.45) is -0.128. The fourth-order valence-corrected chi connectivity index (χ4v) is 3.32. The van der Waals surface area contributed by atoms with E-state index in [1.54, 1.807) is 24.3 Å². The number of thiazole rings is 1. The highest BCUT2D eigenvalue weighted by Gasteiger charge is 2.32. The van der Waals surface area contributed by atoms with Gasteiger partial charge >= 0.3 is 5.97 Å². The largest absolute Gasteiger partial charge is 0.454 e. The molecule has 0 bridgehead atoms. The van der Waals surface area contributed by atoms with E-state index >= 15 is 0 Å². The molecule has 0 aliphatic carbocycles. The van der Waals surface area contributed by atoms with E-state index in [1.807, 2.05) is 18.2 Å². The average molecular weight is 315 g/mol. The molecule has 1 aromatic carbocycles. The number of hydrogen-bond donors (Lipinski definition) is 0. The number of fused-ring (bicyclic) bond motifs is 1. The van der Waals surface area contributed by atoms with Gasteiger partial charge in [0.2, 0.25) is 0 Å². The van der Waals surface area contributed by atoms with Crippen LogP contribution in [0.3, 0.4) is 0 Å². The number of ether oxygens (including phenoxy) is 1. The number of aryl methyl sites for hydroxylation is 1. The molecule has 2 aromatic heterocycles. The summed E-state index contributed by atoms with van der Waals surface area (Å²) < 4.78 is 11.4. The number of carbonyl (C=O) groups is 1. The summed E-state index contributed by atoms with van der Waals surface area (Å²) in [4.78, 5) is 18.6. The van der Waals surface area contributed by atoms with Crippen molar-refractivity contribution in [1.82, 2.24) is 10.1 Å². The number of hydrogen-bond acceptors (Lipinski definition) is 7. The molecular weight excluding hydrogens is 302 g/mol. The number of carbonyl (C=O) groups excluding carboxylic acids is 1. The second-order valence-electron chi connectivity index (χ2n) is 5.22. The third kappa shape index (κ3) is 2.33. The van der Waals surface area contributed by atoms with Crippen molar-refractivity contribution < 1.29 is 14.1 Å². The van der Waals surface area contributed by atoms with Crippen LogP contribution in [0.2, 0.25) is 0 Å². The lowest BCUT2D eigenvalue weighted by molar-refractivity contribution is 0.0223. The van der Waals surface area contributed by atoms with Gasteiger partial charge in [0, 0.05) is 6.07 Å². The molecule has 3 aromatic rings. The van der Waals surface area contributed by atoms with Crippen LogP contribution in [-0.4, -0.2) is 35.3 Å². The Morgan fingerprint density at radius 1 is 1.41 bits per heavy atom. The maximum atomic E-state index is 11.9. The van der Waals surface area contributed by atoms with Gasteiger partial charge in [0.05, 0.1) is 23.3 Å². The molecule has 0 spiro atoms. The van der Waals surface area contributed by atoms with Gasteiger partial charge in [-0.3, -0.25) is 0 Å². The lowest BCUT2D eigenvalue weighted by atomic mass is 10.2. The van der Waals surface area contributed by atoms with Gasteiger partial charge in [-0.15, -0.1) is 0 Å². The van der Waals surface area contributed by atoms with Crippen molar-refractivity contribution in [3.8, 4) is 0 Å². The van der Waals surface area contributed by atoms with Crippen LogP contribution in [-0.2, 0) is 4.74 Å². The van der Waals surface area contributed by atoms with Crippen molar-refractivity contribution in [2.75, 3.05) is 18.0 Å². The van der Waals surface area contributed by atoms with E-state index in [4.69, 9.17) is 9.26 Å². The van der Waals surface area contributed by atoms with E-state index in [9.17, 15) is 4.79 Å². The van der Waals surface area contributed by atoms with Gasteiger partial charge in [-0.1, -0.05) is 28.6 Å². The van der Waals surface area contributed by atoms with Crippen LogP contribution in [0.5, 0.6) is 0 Å². The predicted molar refractivity (Wildman–Crippen MR) is 82.3 cm³/mol. The van der Waals surface area contributed by atoms with Gasteiger partial charge in [-0.2, -0.15) is 0 Å². The Kier molecular flexibility index (Phi) is 3.07. The van der Waals surface area contributed by atoms with E-state index in [-0.39, 0.29) is 11.8 Å². The minimum Gasteiger partial charge on any atom is -0.454 e. The van der Waals surface area contributed by atoms with Crippen molar-refractivity contribution in [2.24, 2.45) is 0 Å². The molecule has 6 nitrogen and oxygen atoms in total. The number of anilines is 1. The molecule has 22 heavy (non-hydrogen) atoms. The zero-order chi connectivity index (χ0) is 15.1. The normalized spacial score (nSPS) is 15.0. The molecule has 0 saturated carbocycles. The third-order valence-electron chi connectivity index (χ3n) is 3.51. The number of esters is 1. The van der Waals surface area contributed by atoms with E-state index in [1.165, 1.54) is 0 Å². The molecule has 0 atom stereocenters. The Morgan fingerprint density at radius 3 is 2.95 bits per heavy atom. The lowest BCUT2D eigenvalue weighted by Crippen LogP contribution is -2.53. The summed E-state index contributed by atoms with van der Waals surface area (Å²) in [7, 11) is 0. The Morgan fingerprint density at radius 2 is 2.23 bits per heavy atom. The Bertz CT molecular complexity index is 802. The topological polar surface area (TPSA) is 68.5 Å². The molecule has 112 valence electrons. The quantitative estimate of drug-likeness (QED) is 0.692. The molecule has 0 radical (unpaired) electrons. The zero-order valence-electron chi connectivity index (χ0n) is 11.9. The first-order valence-corrected chi connectivity index (χ1v) is 7.75. The fraction of sp³-hybridized carbons (Fsp3) is 0.267. The van der Waals surface area contributed by atoms with Crippen molar-refractivity contribution >= 4 is 32.7 Å². The highest BCUT2D eigenvalue weighted by molar-refractivity contribution is 7.22. The summed E-state index contributed by atoms with van der Waals surface area (Å²) in [6, 6.07) is 9.61. The van der Waals surface area contributed by atoms with E-state index in [2.05, 4.69) is 21.1 Å². The molecule has 0 unspecified atom stereocenters. The van der Waals surface area contributed by atoms with Crippen LogP contribution in [0.25, 0.3) is 10.2 Å². The first-order valence-electron chi connectivity index (χ1n) is 6.94. The van der Waals surface area contributed by atoms with Crippen molar-refractivity contribution in [2.45, 2.75) is 13.0 Å².